The van der Waals surface area contributed by atoms with Crippen molar-refractivity contribution in [1.29, 1.82) is 0 Å². The molecule has 0 bridgehead atoms. The second kappa shape index (κ2) is 6.42. The molecule has 4 heteroatoms. The van der Waals surface area contributed by atoms with Gasteiger partial charge in [-0.1, -0.05) is 11.6 Å². The topological polar surface area (TPSA) is 49.8 Å². The fourth-order valence-corrected chi connectivity index (χ4v) is 3.06. The zero-order valence-corrected chi connectivity index (χ0v) is 13.9. The summed E-state index contributed by atoms with van der Waals surface area (Å²) in [6.45, 7) is 5.09. The number of aromatic amines is 1. The zero-order valence-electron chi connectivity index (χ0n) is 13.9. The summed E-state index contributed by atoms with van der Waals surface area (Å²) in [6, 6.07) is 10.3. The van der Waals surface area contributed by atoms with Crippen LogP contribution in [-0.4, -0.2) is 16.1 Å². The van der Waals surface area contributed by atoms with Gasteiger partial charge in [0.05, 0.1) is 0 Å². The molecule has 2 aromatic heterocycles. The van der Waals surface area contributed by atoms with Crippen LogP contribution >= 0.6 is 0 Å². The van der Waals surface area contributed by atoms with Crippen molar-refractivity contribution in [2.75, 3.05) is 6.54 Å². The van der Waals surface area contributed by atoms with Crippen molar-refractivity contribution in [2.45, 2.75) is 26.3 Å². The fourth-order valence-electron chi connectivity index (χ4n) is 3.06. The average Bonchev–Trinajstić information content (AvgIpc) is 2.83. The van der Waals surface area contributed by atoms with Crippen LogP contribution in [0, 0.1) is 6.92 Å². The lowest BCUT2D eigenvalue weighted by Gasteiger charge is -2.13. The Morgan fingerprint density at radius 1 is 1.26 bits per heavy atom. The van der Waals surface area contributed by atoms with E-state index in [1.54, 1.807) is 12.3 Å². The molecule has 0 spiro atoms. The summed E-state index contributed by atoms with van der Waals surface area (Å²) >= 11 is 0. The summed E-state index contributed by atoms with van der Waals surface area (Å²) in [5.74, 6) is 0. The van der Waals surface area contributed by atoms with Crippen LogP contribution in [0.4, 0.5) is 0 Å². The number of nitrogens with one attached hydrogen (secondary N) is 2. The number of pyridine rings is 1. The van der Waals surface area contributed by atoms with Gasteiger partial charge in [0, 0.05) is 42.5 Å². The van der Waals surface area contributed by atoms with Gasteiger partial charge in [0.2, 0.25) is 5.56 Å². The van der Waals surface area contributed by atoms with E-state index in [0.29, 0.717) is 0 Å². The van der Waals surface area contributed by atoms with Gasteiger partial charge in [0.1, 0.15) is 0 Å². The minimum Gasteiger partial charge on any atom is -0.350 e. The molecule has 0 saturated carbocycles. The Hall–Kier alpha value is -2.33. The van der Waals surface area contributed by atoms with Gasteiger partial charge in [0.25, 0.3) is 0 Å². The van der Waals surface area contributed by atoms with Crippen molar-refractivity contribution >= 4 is 10.9 Å². The Morgan fingerprint density at radius 3 is 2.87 bits per heavy atom. The monoisotopic (exact) mass is 309 g/mol. The number of nitrogens with zero attached hydrogens (tertiary/aromatic N) is 1. The predicted octanol–water partition coefficient (Wildman–Crippen LogP) is 3.07. The Kier molecular flexibility index (Phi) is 4.35. The van der Waals surface area contributed by atoms with Gasteiger partial charge in [-0.15, -0.1) is 0 Å². The minimum atomic E-state index is -0.0549. The van der Waals surface area contributed by atoms with Gasteiger partial charge in [-0.3, -0.25) is 4.79 Å². The molecule has 120 valence electrons. The Labute approximate surface area is 136 Å². The molecule has 3 aromatic rings. The number of aryl methyl sites for hydroxylation is 2. The lowest BCUT2D eigenvalue weighted by atomic mass is 10.1. The first-order valence-electron chi connectivity index (χ1n) is 8.01. The molecule has 23 heavy (non-hydrogen) atoms. The molecule has 0 saturated heterocycles. The molecule has 0 aliphatic heterocycles. The first-order chi connectivity index (χ1) is 11.0. The summed E-state index contributed by atoms with van der Waals surface area (Å²) in [6.07, 6.45) is 4.88. The van der Waals surface area contributed by atoms with Gasteiger partial charge in [-0.2, -0.15) is 0 Å². The standard InChI is InChI=1S/C19H23N3O/c1-13-4-5-18-17(10-13)16(12-22(18)3)7-8-20-14(2)15-6-9-21-19(23)11-15/h4-6,9-12,14,20H,7-8H2,1-3H3,(H,21,23). The van der Waals surface area contributed by atoms with Crippen LogP contribution in [0.25, 0.3) is 10.9 Å². The predicted molar refractivity (Wildman–Crippen MR) is 94.8 cm³/mol. The van der Waals surface area contributed by atoms with E-state index in [4.69, 9.17) is 0 Å². The van der Waals surface area contributed by atoms with Crippen molar-refractivity contribution in [2.24, 2.45) is 7.05 Å². The lowest BCUT2D eigenvalue weighted by molar-refractivity contribution is 0.576. The SMILES string of the molecule is Cc1ccc2c(c1)c(CCNC(C)c1cc[nH]c(=O)c1)cn2C. The summed E-state index contributed by atoms with van der Waals surface area (Å²) in [7, 11) is 2.09. The van der Waals surface area contributed by atoms with Gasteiger partial charge in [-0.05, 0) is 56.1 Å². The highest BCUT2D eigenvalue weighted by molar-refractivity contribution is 5.84. The van der Waals surface area contributed by atoms with Crippen LogP contribution in [-0.2, 0) is 13.5 Å². The molecule has 2 heterocycles. The molecule has 1 atom stereocenters. The van der Waals surface area contributed by atoms with E-state index in [1.807, 2.05) is 6.07 Å². The summed E-state index contributed by atoms with van der Waals surface area (Å²) in [5.41, 5.74) is 4.88. The second-order valence-electron chi connectivity index (χ2n) is 6.20. The normalized spacial score (nSPS) is 12.7. The van der Waals surface area contributed by atoms with E-state index in [9.17, 15) is 4.79 Å². The largest absolute Gasteiger partial charge is 0.350 e. The fraction of sp³-hybridized carbons (Fsp3) is 0.316. The molecular formula is C19H23N3O. The summed E-state index contributed by atoms with van der Waals surface area (Å²) in [5, 5.41) is 4.83. The number of fused-ring (bicyclic) bond motifs is 1. The average molecular weight is 309 g/mol. The van der Waals surface area contributed by atoms with E-state index in [-0.39, 0.29) is 11.6 Å². The highest BCUT2D eigenvalue weighted by Gasteiger charge is 2.08. The van der Waals surface area contributed by atoms with Crippen molar-refractivity contribution in [3.05, 3.63) is 69.8 Å². The van der Waals surface area contributed by atoms with Gasteiger partial charge < -0.3 is 14.9 Å². The van der Waals surface area contributed by atoms with Crippen molar-refractivity contribution in [3.8, 4) is 0 Å². The molecule has 0 aliphatic carbocycles. The summed E-state index contributed by atoms with van der Waals surface area (Å²) in [4.78, 5) is 14.0. The quantitative estimate of drug-likeness (QED) is 0.761. The molecule has 4 nitrogen and oxygen atoms in total. The summed E-state index contributed by atoms with van der Waals surface area (Å²) < 4.78 is 2.18. The second-order valence-corrected chi connectivity index (χ2v) is 6.20. The number of benzene rings is 1. The Bertz CT molecular complexity index is 876. The van der Waals surface area contributed by atoms with Crippen LogP contribution in [0.2, 0.25) is 0 Å². The smallest absolute Gasteiger partial charge is 0.248 e. The van der Waals surface area contributed by atoms with Crippen LogP contribution in [0.5, 0.6) is 0 Å². The molecule has 1 unspecified atom stereocenters. The van der Waals surface area contributed by atoms with Crippen LogP contribution in [0.3, 0.4) is 0 Å². The van der Waals surface area contributed by atoms with Crippen LogP contribution in [0.1, 0.15) is 29.7 Å². The zero-order chi connectivity index (χ0) is 16.4. The highest BCUT2D eigenvalue weighted by Crippen LogP contribution is 2.22. The van der Waals surface area contributed by atoms with Gasteiger partial charge in [0.15, 0.2) is 0 Å². The first kappa shape index (κ1) is 15.6. The van der Waals surface area contributed by atoms with Crippen LogP contribution in [0.15, 0.2) is 47.5 Å². The van der Waals surface area contributed by atoms with E-state index in [1.165, 1.54) is 22.0 Å². The lowest BCUT2D eigenvalue weighted by Crippen LogP contribution is -2.22. The van der Waals surface area contributed by atoms with Gasteiger partial charge >= 0.3 is 0 Å². The number of aromatic nitrogens is 2. The van der Waals surface area contributed by atoms with Gasteiger partial charge in [-0.25, -0.2) is 0 Å². The number of hydrogen-bond acceptors (Lipinski definition) is 2. The van der Waals surface area contributed by atoms with E-state index in [0.717, 1.165) is 18.5 Å². The number of rotatable bonds is 5. The molecule has 3 rings (SSSR count). The van der Waals surface area contributed by atoms with Crippen molar-refractivity contribution in [3.63, 3.8) is 0 Å². The molecule has 0 radical (unpaired) electrons. The third-order valence-corrected chi connectivity index (χ3v) is 4.37. The minimum absolute atomic E-state index is 0.0549. The highest BCUT2D eigenvalue weighted by atomic mass is 16.1. The molecule has 0 amide bonds. The van der Waals surface area contributed by atoms with E-state index < -0.39 is 0 Å². The maximum Gasteiger partial charge on any atom is 0.248 e. The maximum absolute atomic E-state index is 11.4. The number of hydrogen-bond donors (Lipinski definition) is 2. The molecule has 1 aromatic carbocycles. The van der Waals surface area contributed by atoms with Crippen LogP contribution < -0.4 is 10.9 Å². The van der Waals surface area contributed by atoms with Crippen molar-refractivity contribution in [1.82, 2.24) is 14.9 Å². The van der Waals surface area contributed by atoms with E-state index in [2.05, 4.69) is 60.2 Å². The molecular weight excluding hydrogens is 286 g/mol. The third-order valence-electron chi connectivity index (χ3n) is 4.37. The van der Waals surface area contributed by atoms with E-state index >= 15 is 0 Å². The Balaban J connectivity index is 1.69. The maximum atomic E-state index is 11.4. The Morgan fingerprint density at radius 2 is 2.09 bits per heavy atom. The molecule has 2 N–H and O–H groups in total. The number of H-pyrrole nitrogens is 1. The first-order valence-corrected chi connectivity index (χ1v) is 8.01. The third kappa shape index (κ3) is 3.37. The van der Waals surface area contributed by atoms with Crippen molar-refractivity contribution < 1.29 is 0 Å². The molecule has 0 aliphatic rings. The molecule has 0 fully saturated rings.